The van der Waals surface area contributed by atoms with Crippen LogP contribution in [0.1, 0.15) is 48.9 Å². The Labute approximate surface area is 293 Å². The van der Waals surface area contributed by atoms with Crippen LogP contribution in [0.2, 0.25) is 0 Å². The molecule has 2 saturated heterocycles. The molecule has 3 aromatic heterocycles. The van der Waals surface area contributed by atoms with Crippen LogP contribution in [-0.2, 0) is 22.7 Å². The molecule has 0 unspecified atom stereocenters. The van der Waals surface area contributed by atoms with E-state index in [1.54, 1.807) is 34.0 Å². The van der Waals surface area contributed by atoms with E-state index < -0.39 is 23.0 Å². The molecule has 8 rings (SSSR count). The minimum Gasteiger partial charge on any atom is -0.345 e. The first-order chi connectivity index (χ1) is 24.2. The first-order valence-corrected chi connectivity index (χ1v) is 16.9. The number of rotatable bonds is 2. The van der Waals surface area contributed by atoms with Crippen molar-refractivity contribution in [1.82, 2.24) is 28.7 Å². The molecular formula is C35H32ClF5N6O4. The minimum atomic E-state index is -2.77. The molecule has 1 aromatic carbocycles. The van der Waals surface area contributed by atoms with Gasteiger partial charge >= 0.3 is 11.4 Å². The van der Waals surface area contributed by atoms with Crippen LogP contribution in [0.4, 0.5) is 31.5 Å². The normalized spacial score (nSPS) is 20.2. The molecule has 4 aromatic rings. The highest BCUT2D eigenvalue weighted by atomic mass is 35.5. The summed E-state index contributed by atoms with van der Waals surface area (Å²) in [5.41, 5.74) is 3.30. The highest BCUT2D eigenvalue weighted by molar-refractivity contribution is 6.62. The number of ketones is 2. The Morgan fingerprint density at radius 3 is 2.12 bits per heavy atom. The van der Waals surface area contributed by atoms with Gasteiger partial charge in [-0.2, -0.15) is 0 Å². The van der Waals surface area contributed by atoms with E-state index >= 15 is 4.39 Å². The maximum atomic E-state index is 15.0. The Morgan fingerprint density at radius 2 is 1.45 bits per heavy atom. The molecule has 4 aliphatic rings. The number of hydrogen-bond donors (Lipinski definition) is 0. The molecule has 3 aliphatic heterocycles. The van der Waals surface area contributed by atoms with E-state index in [0.717, 1.165) is 0 Å². The van der Waals surface area contributed by atoms with Gasteiger partial charge in [-0.1, -0.05) is 6.07 Å². The summed E-state index contributed by atoms with van der Waals surface area (Å²) in [5, 5.41) is -0.160. The van der Waals surface area contributed by atoms with E-state index in [1.807, 2.05) is 16.7 Å². The second kappa shape index (κ2) is 13.1. The van der Waals surface area contributed by atoms with Gasteiger partial charge in [-0.25, -0.2) is 31.7 Å². The summed E-state index contributed by atoms with van der Waals surface area (Å²) in [4.78, 5) is 58.7. The fourth-order valence-electron chi connectivity index (χ4n) is 7.17. The summed E-state index contributed by atoms with van der Waals surface area (Å²) in [6, 6.07) is 7.79. The summed E-state index contributed by atoms with van der Waals surface area (Å²) in [7, 11) is 0. The van der Waals surface area contributed by atoms with E-state index in [1.165, 1.54) is 21.9 Å². The van der Waals surface area contributed by atoms with Gasteiger partial charge in [0.25, 0.3) is 11.8 Å². The first kappa shape index (κ1) is 34.6. The van der Waals surface area contributed by atoms with E-state index in [9.17, 15) is 36.7 Å². The third-order valence-corrected chi connectivity index (χ3v) is 10.1. The Kier molecular flexibility index (Phi) is 8.88. The van der Waals surface area contributed by atoms with Crippen LogP contribution in [0.25, 0.3) is 27.7 Å². The number of aromatic nitrogens is 3. The fraction of sp³-hybridized carbons (Fsp3) is 0.400. The van der Waals surface area contributed by atoms with Gasteiger partial charge < -0.3 is 19.3 Å². The second-order valence-electron chi connectivity index (χ2n) is 13.2. The summed E-state index contributed by atoms with van der Waals surface area (Å²) >= 11 is 5.09. The van der Waals surface area contributed by atoms with Crippen LogP contribution >= 0.6 is 11.6 Å². The lowest BCUT2D eigenvalue weighted by molar-refractivity contribution is -0.119. The van der Waals surface area contributed by atoms with E-state index in [4.69, 9.17) is 11.6 Å². The number of alkyl halides is 4. The number of allylic oxidation sites excluding steroid dienone is 2. The number of imidazole rings is 1. The Morgan fingerprint density at radius 1 is 0.804 bits per heavy atom. The van der Waals surface area contributed by atoms with Crippen molar-refractivity contribution >= 4 is 62.3 Å². The molecule has 16 heteroatoms. The van der Waals surface area contributed by atoms with Crippen molar-refractivity contribution in [2.24, 2.45) is 0 Å². The zero-order valence-electron chi connectivity index (χ0n) is 27.2. The van der Waals surface area contributed by atoms with E-state index in [2.05, 4.69) is 4.98 Å². The maximum Gasteiger partial charge on any atom is 0.320 e. The highest BCUT2D eigenvalue weighted by Gasteiger charge is 2.39. The number of likely N-dealkylation sites (tertiary alicyclic amines) is 2. The lowest BCUT2D eigenvalue weighted by Gasteiger charge is -2.35. The van der Waals surface area contributed by atoms with Crippen molar-refractivity contribution in [2.75, 3.05) is 32.7 Å². The predicted octanol–water partition coefficient (Wildman–Crippen LogP) is 6.62. The van der Waals surface area contributed by atoms with Gasteiger partial charge in [0.2, 0.25) is 0 Å². The zero-order valence-corrected chi connectivity index (χ0v) is 27.9. The molecule has 10 nitrogen and oxygen atoms in total. The molecule has 0 spiro atoms. The third kappa shape index (κ3) is 6.70. The first-order valence-electron chi connectivity index (χ1n) is 16.5. The third-order valence-electron chi connectivity index (χ3n) is 9.84. The molecule has 1 aliphatic carbocycles. The summed E-state index contributed by atoms with van der Waals surface area (Å²) in [5.74, 6) is -6.58. The summed E-state index contributed by atoms with van der Waals surface area (Å²) < 4.78 is 70.9. The zero-order chi connectivity index (χ0) is 36.2. The number of halogens is 6. The van der Waals surface area contributed by atoms with Crippen LogP contribution in [0, 0.1) is 5.82 Å². The largest absolute Gasteiger partial charge is 0.345 e. The van der Waals surface area contributed by atoms with Crippen molar-refractivity contribution < 1.29 is 41.1 Å². The highest BCUT2D eigenvalue weighted by Crippen LogP contribution is 2.41. The Balaban J connectivity index is 0.000000318. The number of fused-ring (bicyclic) bond motifs is 1. The molecule has 0 N–H and O–H groups in total. The van der Waals surface area contributed by atoms with Gasteiger partial charge in [0, 0.05) is 100 Å². The maximum absolute atomic E-state index is 15.0. The fourth-order valence-corrected chi connectivity index (χ4v) is 7.34. The van der Waals surface area contributed by atoms with Gasteiger partial charge in [-0.3, -0.25) is 18.8 Å². The van der Waals surface area contributed by atoms with E-state index in [0.29, 0.717) is 39.9 Å². The average Bonchev–Trinajstić information content (AvgIpc) is 3.70. The van der Waals surface area contributed by atoms with Crippen LogP contribution in [0.15, 0.2) is 48.9 Å². The minimum absolute atomic E-state index is 0.0340. The molecule has 51 heavy (non-hydrogen) atoms. The molecule has 6 heterocycles. The number of carbonyl (C=O) groups is 4. The SMILES string of the molecule is O=C(Cl)N1CCC(F)(F)CC1.O=C1CC(=O)C(c2cnc3ccccn23)=C1c1cn2c3c(cc(F)cc13)CN(C(=O)N1CCC(F)(F)CC1)CC2. The number of nitrogens with zero attached hydrogens (tertiary/aromatic N) is 6. The van der Waals surface area contributed by atoms with Crippen molar-refractivity contribution in [3.8, 4) is 0 Å². The summed E-state index contributed by atoms with van der Waals surface area (Å²) in [6.45, 7) is 0.782. The van der Waals surface area contributed by atoms with Gasteiger partial charge in [-0.05, 0) is 41.4 Å². The van der Waals surface area contributed by atoms with Crippen LogP contribution in [-0.4, -0.2) is 96.2 Å². The average molecular weight is 731 g/mol. The molecule has 0 atom stereocenters. The summed E-state index contributed by atoms with van der Waals surface area (Å²) in [6.07, 6.45) is 3.50. The molecule has 0 bridgehead atoms. The van der Waals surface area contributed by atoms with Gasteiger partial charge in [0.05, 0.1) is 29.4 Å². The monoisotopic (exact) mass is 730 g/mol. The van der Waals surface area contributed by atoms with Crippen LogP contribution in [0.3, 0.4) is 0 Å². The molecule has 0 saturated carbocycles. The van der Waals surface area contributed by atoms with Gasteiger partial charge in [-0.15, -0.1) is 0 Å². The number of hydrogen-bond acceptors (Lipinski definition) is 5. The predicted molar refractivity (Wildman–Crippen MR) is 177 cm³/mol. The van der Waals surface area contributed by atoms with Gasteiger partial charge in [0.1, 0.15) is 11.5 Å². The number of carbonyl (C=O) groups excluding carboxylic acids is 4. The smallest absolute Gasteiger partial charge is 0.320 e. The topological polar surface area (TPSA) is 100 Å². The molecule has 3 amide bonds. The number of piperidine rings is 2. The van der Waals surface area contributed by atoms with Crippen molar-refractivity contribution in [3.63, 3.8) is 0 Å². The Bertz CT molecular complexity index is 2110. The van der Waals surface area contributed by atoms with Crippen molar-refractivity contribution in [2.45, 2.75) is 57.0 Å². The molecule has 0 radical (unpaired) electrons. The standard InChI is InChI=1S/C29H24F3N5O3.C6H8ClF2NO/c30-18-11-17-15-36(28(40)34-7-4-29(31,32)5-8-34)10-9-35-16-20(19(12-18)27(17)35)25-22(38)13-23(39)26(25)21-14-33-24-3-1-2-6-37(21)24;7-5(11)10-3-1-6(8,9)2-4-10/h1-3,6,11-12,14,16H,4-5,7-10,13,15H2;1-4H2. The quantitative estimate of drug-likeness (QED) is 0.0999. The number of amides is 3. The lowest BCUT2D eigenvalue weighted by Crippen LogP contribution is -2.49. The molecule has 268 valence electrons. The van der Waals surface area contributed by atoms with Gasteiger partial charge in [0.15, 0.2) is 11.6 Å². The lowest BCUT2D eigenvalue weighted by atomic mass is 9.98. The second-order valence-corrected chi connectivity index (χ2v) is 13.5. The number of benzene rings is 1. The Hall–Kier alpha value is -4.79. The van der Waals surface area contributed by atoms with Crippen LogP contribution in [0.5, 0.6) is 0 Å². The van der Waals surface area contributed by atoms with Crippen LogP contribution < -0.4 is 0 Å². The molecular weight excluding hydrogens is 699 g/mol. The number of Topliss-reactive ketones (excluding diaryl/α,β-unsaturated/α-hetero) is 2. The molecule has 2 fully saturated rings. The van der Waals surface area contributed by atoms with Crippen molar-refractivity contribution in [3.05, 3.63) is 71.6 Å². The van der Waals surface area contributed by atoms with Crippen molar-refractivity contribution in [1.29, 1.82) is 0 Å². The number of urea groups is 1. The number of pyridine rings is 1. The van der Waals surface area contributed by atoms with E-state index in [-0.39, 0.29) is 100 Å².